The van der Waals surface area contributed by atoms with Crippen LogP contribution in [0.15, 0.2) is 48.7 Å². The van der Waals surface area contributed by atoms with Gasteiger partial charge in [0.25, 0.3) is 11.8 Å². The van der Waals surface area contributed by atoms with Crippen molar-refractivity contribution in [3.05, 3.63) is 71.4 Å². The molecular formula is C20H16F3N7O2. The summed E-state index contributed by atoms with van der Waals surface area (Å²) in [5, 5.41) is 13.0. The summed E-state index contributed by atoms with van der Waals surface area (Å²) in [7, 11) is 1.69. The Hall–Kier alpha value is -4.22. The van der Waals surface area contributed by atoms with Crippen molar-refractivity contribution in [1.29, 1.82) is 0 Å². The van der Waals surface area contributed by atoms with E-state index in [9.17, 15) is 22.8 Å². The summed E-state index contributed by atoms with van der Waals surface area (Å²) in [6.45, 7) is 1.43. The molecule has 4 rings (SSSR count). The number of aryl methyl sites for hydroxylation is 2. The quantitative estimate of drug-likeness (QED) is 0.504. The maximum atomic E-state index is 13.3. The molecule has 4 aromatic rings. The first-order valence-corrected chi connectivity index (χ1v) is 9.27. The van der Waals surface area contributed by atoms with Gasteiger partial charge in [0.2, 0.25) is 0 Å². The van der Waals surface area contributed by atoms with Crippen molar-refractivity contribution in [2.75, 3.05) is 10.6 Å². The Balaban J connectivity index is 1.49. The topological polar surface area (TPSA) is 106 Å². The molecule has 164 valence electrons. The number of halogens is 3. The van der Waals surface area contributed by atoms with Crippen LogP contribution in [0.2, 0.25) is 0 Å². The second-order valence-corrected chi connectivity index (χ2v) is 6.94. The third kappa shape index (κ3) is 4.29. The van der Waals surface area contributed by atoms with Gasteiger partial charge >= 0.3 is 6.18 Å². The van der Waals surface area contributed by atoms with Gasteiger partial charge in [0.1, 0.15) is 5.69 Å². The van der Waals surface area contributed by atoms with Gasteiger partial charge in [-0.1, -0.05) is 0 Å². The maximum absolute atomic E-state index is 13.3. The second kappa shape index (κ2) is 7.80. The number of rotatable bonds is 4. The summed E-state index contributed by atoms with van der Waals surface area (Å²) in [6.07, 6.45) is -3.01. The SMILES string of the molecule is Cc1cc(C(F)(F)F)n2nc(C(=O)Nc3ccc(NC(=O)c4ccn(C)n4)cc3)cc2n1. The first-order valence-electron chi connectivity index (χ1n) is 9.27. The molecule has 0 spiro atoms. The van der Waals surface area contributed by atoms with Crippen LogP contribution in [0.25, 0.3) is 5.65 Å². The van der Waals surface area contributed by atoms with Gasteiger partial charge in [0.15, 0.2) is 17.0 Å². The molecule has 3 aromatic heterocycles. The molecule has 0 aliphatic heterocycles. The predicted octanol–water partition coefficient (Wildman–Crippen LogP) is 3.29. The van der Waals surface area contributed by atoms with E-state index in [1.165, 1.54) is 29.8 Å². The molecule has 0 unspecified atom stereocenters. The minimum absolute atomic E-state index is 0.0879. The number of anilines is 2. The summed E-state index contributed by atoms with van der Waals surface area (Å²) < 4.78 is 41.9. The highest BCUT2D eigenvalue weighted by atomic mass is 19.4. The van der Waals surface area contributed by atoms with Gasteiger partial charge in [-0.15, -0.1) is 0 Å². The number of benzene rings is 1. The van der Waals surface area contributed by atoms with Gasteiger partial charge in [-0.2, -0.15) is 23.4 Å². The Morgan fingerprint density at radius 1 is 0.906 bits per heavy atom. The van der Waals surface area contributed by atoms with Crippen LogP contribution < -0.4 is 10.6 Å². The summed E-state index contributed by atoms with van der Waals surface area (Å²) in [5.74, 6) is -1.10. The number of fused-ring (bicyclic) bond motifs is 1. The number of hydrogen-bond donors (Lipinski definition) is 2. The minimum atomic E-state index is -4.65. The highest BCUT2D eigenvalue weighted by Gasteiger charge is 2.35. The third-order valence-electron chi connectivity index (χ3n) is 4.43. The van der Waals surface area contributed by atoms with Crippen LogP contribution in [-0.2, 0) is 13.2 Å². The van der Waals surface area contributed by atoms with Crippen molar-refractivity contribution in [1.82, 2.24) is 24.4 Å². The van der Waals surface area contributed by atoms with Crippen molar-refractivity contribution in [2.45, 2.75) is 13.1 Å². The first-order chi connectivity index (χ1) is 15.1. The standard InChI is InChI=1S/C20H16F3N7O2/c1-11-9-16(20(21,22)23)30-17(24-11)10-15(28-30)19(32)26-13-5-3-12(4-6-13)25-18(31)14-7-8-29(2)27-14/h3-10H,1-2H3,(H,25,31)(H,26,32). The number of amides is 2. The smallest absolute Gasteiger partial charge is 0.321 e. The Morgan fingerprint density at radius 3 is 2.03 bits per heavy atom. The largest absolute Gasteiger partial charge is 0.433 e. The molecular weight excluding hydrogens is 427 g/mol. The van der Waals surface area contributed by atoms with E-state index in [0.29, 0.717) is 15.9 Å². The molecule has 0 bridgehead atoms. The van der Waals surface area contributed by atoms with Gasteiger partial charge in [0.05, 0.1) is 0 Å². The van der Waals surface area contributed by atoms with Crippen molar-refractivity contribution >= 4 is 28.8 Å². The zero-order valence-electron chi connectivity index (χ0n) is 16.8. The molecule has 0 atom stereocenters. The molecule has 1 aromatic carbocycles. The third-order valence-corrected chi connectivity index (χ3v) is 4.43. The molecule has 0 saturated carbocycles. The van der Waals surface area contributed by atoms with Crippen molar-refractivity contribution in [3.63, 3.8) is 0 Å². The fraction of sp³-hybridized carbons (Fsp3) is 0.150. The highest BCUT2D eigenvalue weighted by Crippen LogP contribution is 2.30. The molecule has 0 radical (unpaired) electrons. The first kappa shape index (κ1) is 21.0. The van der Waals surface area contributed by atoms with Gasteiger partial charge in [-0.05, 0) is 43.3 Å². The number of carbonyl (C=O) groups excluding carboxylic acids is 2. The van der Waals surface area contributed by atoms with Gasteiger partial charge in [0, 0.05) is 36.4 Å². The maximum Gasteiger partial charge on any atom is 0.433 e. The van der Waals surface area contributed by atoms with E-state index in [1.54, 1.807) is 31.4 Å². The van der Waals surface area contributed by atoms with Crippen molar-refractivity contribution in [3.8, 4) is 0 Å². The minimum Gasteiger partial charge on any atom is -0.321 e. The monoisotopic (exact) mass is 443 g/mol. The van der Waals surface area contributed by atoms with E-state index in [-0.39, 0.29) is 22.7 Å². The molecule has 12 heteroatoms. The van der Waals surface area contributed by atoms with Crippen molar-refractivity contribution in [2.24, 2.45) is 7.05 Å². The van der Waals surface area contributed by atoms with Crippen LogP contribution in [0.4, 0.5) is 24.5 Å². The van der Waals surface area contributed by atoms with Crippen molar-refractivity contribution < 1.29 is 22.8 Å². The van der Waals surface area contributed by atoms with Gasteiger partial charge in [-0.25, -0.2) is 9.50 Å². The molecule has 0 aliphatic carbocycles. The highest BCUT2D eigenvalue weighted by molar-refractivity contribution is 6.04. The number of carbonyl (C=O) groups is 2. The molecule has 0 fully saturated rings. The van der Waals surface area contributed by atoms with Crippen LogP contribution >= 0.6 is 0 Å². The fourth-order valence-corrected chi connectivity index (χ4v) is 2.98. The average Bonchev–Trinajstić information content (AvgIpc) is 3.34. The Labute approximate surface area is 178 Å². The molecule has 2 amide bonds. The lowest BCUT2D eigenvalue weighted by molar-refractivity contribution is -0.142. The molecule has 9 nitrogen and oxygen atoms in total. The molecule has 0 aliphatic rings. The molecule has 0 saturated heterocycles. The number of aromatic nitrogens is 5. The van der Waals surface area contributed by atoms with E-state index in [2.05, 4.69) is 25.8 Å². The normalized spacial score (nSPS) is 11.5. The summed E-state index contributed by atoms with van der Waals surface area (Å²) in [5.41, 5.74) is -0.0917. The van der Waals surface area contributed by atoms with E-state index < -0.39 is 23.7 Å². The molecule has 2 N–H and O–H groups in total. The Bertz CT molecular complexity index is 1320. The van der Waals surface area contributed by atoms with Crippen LogP contribution in [0.3, 0.4) is 0 Å². The zero-order chi connectivity index (χ0) is 23.0. The van der Waals surface area contributed by atoms with E-state index in [4.69, 9.17) is 0 Å². The van der Waals surface area contributed by atoms with Crippen LogP contribution in [0.1, 0.15) is 32.4 Å². The fourth-order valence-electron chi connectivity index (χ4n) is 2.98. The van der Waals surface area contributed by atoms with Crippen LogP contribution in [0, 0.1) is 6.92 Å². The zero-order valence-corrected chi connectivity index (χ0v) is 16.8. The number of nitrogens with zero attached hydrogens (tertiary/aromatic N) is 5. The molecule has 3 heterocycles. The van der Waals surface area contributed by atoms with Crippen LogP contribution in [0.5, 0.6) is 0 Å². The lowest BCUT2D eigenvalue weighted by atomic mass is 10.2. The summed E-state index contributed by atoms with van der Waals surface area (Å²) in [6, 6.07) is 9.80. The Morgan fingerprint density at radius 2 is 1.50 bits per heavy atom. The van der Waals surface area contributed by atoms with Gasteiger partial charge in [-0.3, -0.25) is 14.3 Å². The number of nitrogens with one attached hydrogen (secondary N) is 2. The van der Waals surface area contributed by atoms with Gasteiger partial charge < -0.3 is 10.6 Å². The average molecular weight is 443 g/mol. The predicted molar refractivity (Wildman–Crippen MR) is 108 cm³/mol. The number of hydrogen-bond acceptors (Lipinski definition) is 5. The van der Waals surface area contributed by atoms with E-state index in [1.807, 2.05) is 0 Å². The second-order valence-electron chi connectivity index (χ2n) is 6.94. The molecule has 32 heavy (non-hydrogen) atoms. The summed E-state index contributed by atoms with van der Waals surface area (Å²) in [4.78, 5) is 28.6. The van der Waals surface area contributed by atoms with Crippen LogP contribution in [-0.4, -0.2) is 36.2 Å². The number of alkyl halides is 3. The summed E-state index contributed by atoms with van der Waals surface area (Å²) >= 11 is 0. The van der Waals surface area contributed by atoms with E-state index in [0.717, 1.165) is 6.07 Å². The Kier molecular flexibility index (Phi) is 5.12. The van der Waals surface area contributed by atoms with E-state index >= 15 is 0 Å². The lowest BCUT2D eigenvalue weighted by Gasteiger charge is -2.09. The lowest BCUT2D eigenvalue weighted by Crippen LogP contribution is -2.16.